The molecule has 0 spiro atoms. The molecule has 1 aromatic carbocycles. The van der Waals surface area contributed by atoms with E-state index in [2.05, 4.69) is 71.0 Å². The van der Waals surface area contributed by atoms with Crippen LogP contribution in [0.15, 0.2) is 30.3 Å². The van der Waals surface area contributed by atoms with E-state index in [0.717, 1.165) is 5.92 Å². The second kappa shape index (κ2) is 5.34. The fourth-order valence-electron chi connectivity index (χ4n) is 1.58. The Morgan fingerprint density at radius 2 is 1.62 bits per heavy atom. The summed E-state index contributed by atoms with van der Waals surface area (Å²) in [5.74, 6) is 0.732. The lowest BCUT2D eigenvalue weighted by Gasteiger charge is -2.11. The van der Waals surface area contributed by atoms with Crippen molar-refractivity contribution in [1.82, 2.24) is 0 Å². The lowest BCUT2D eigenvalue weighted by atomic mass is 9.95. The van der Waals surface area contributed by atoms with Gasteiger partial charge in [0.25, 0.3) is 0 Å². The molecule has 0 N–H and O–H groups in total. The van der Waals surface area contributed by atoms with Crippen molar-refractivity contribution in [3.05, 3.63) is 41.5 Å². The molecule has 88 valence electrons. The monoisotopic (exact) mass is 216 g/mol. The standard InChI is InChI=1S/C16H24/c1-13(2)12-15-8-6-14(7-9-15)10-11-16(3,4)5/h6-11,13H,12H2,1-5H3/b11-10+. The molecule has 0 aromatic heterocycles. The van der Waals surface area contributed by atoms with Gasteiger partial charge in [0.1, 0.15) is 0 Å². The summed E-state index contributed by atoms with van der Waals surface area (Å²) in [7, 11) is 0. The van der Waals surface area contributed by atoms with Gasteiger partial charge in [-0.15, -0.1) is 0 Å². The molecule has 0 aliphatic rings. The number of hydrogen-bond acceptors (Lipinski definition) is 0. The maximum absolute atomic E-state index is 2.26. The van der Waals surface area contributed by atoms with Crippen LogP contribution in [0, 0.1) is 11.3 Å². The molecule has 0 saturated carbocycles. The molecule has 0 amide bonds. The molecule has 0 unspecified atom stereocenters. The number of allylic oxidation sites excluding steroid dienone is 1. The van der Waals surface area contributed by atoms with Gasteiger partial charge in [0.2, 0.25) is 0 Å². The normalized spacial score (nSPS) is 12.6. The fraction of sp³-hybridized carbons (Fsp3) is 0.500. The molecule has 16 heavy (non-hydrogen) atoms. The van der Waals surface area contributed by atoms with Gasteiger partial charge in [0.15, 0.2) is 0 Å². The molecule has 0 nitrogen and oxygen atoms in total. The first-order chi connectivity index (χ1) is 7.37. The average molecular weight is 216 g/mol. The highest BCUT2D eigenvalue weighted by atomic mass is 14.1. The predicted molar refractivity (Wildman–Crippen MR) is 73.5 cm³/mol. The summed E-state index contributed by atoms with van der Waals surface area (Å²) in [6, 6.07) is 8.89. The van der Waals surface area contributed by atoms with Gasteiger partial charge in [-0.2, -0.15) is 0 Å². The first kappa shape index (κ1) is 13.0. The van der Waals surface area contributed by atoms with Gasteiger partial charge in [-0.1, -0.05) is 71.0 Å². The van der Waals surface area contributed by atoms with Gasteiger partial charge >= 0.3 is 0 Å². The van der Waals surface area contributed by atoms with Crippen molar-refractivity contribution < 1.29 is 0 Å². The van der Waals surface area contributed by atoms with Gasteiger partial charge in [0, 0.05) is 0 Å². The van der Waals surface area contributed by atoms with Crippen LogP contribution >= 0.6 is 0 Å². The van der Waals surface area contributed by atoms with Gasteiger partial charge < -0.3 is 0 Å². The Labute approximate surface area is 100 Å². The van der Waals surface area contributed by atoms with Crippen LogP contribution in [0.1, 0.15) is 45.7 Å². The SMILES string of the molecule is CC(C)Cc1ccc(/C=C/C(C)(C)C)cc1. The van der Waals surface area contributed by atoms with Crippen molar-refractivity contribution in [2.75, 3.05) is 0 Å². The van der Waals surface area contributed by atoms with E-state index < -0.39 is 0 Å². The zero-order valence-electron chi connectivity index (χ0n) is 11.2. The van der Waals surface area contributed by atoms with Crippen LogP contribution in [0.3, 0.4) is 0 Å². The third kappa shape index (κ3) is 5.16. The van der Waals surface area contributed by atoms with E-state index >= 15 is 0 Å². The second-order valence-electron chi connectivity index (χ2n) is 6.04. The highest BCUT2D eigenvalue weighted by Crippen LogP contribution is 2.17. The van der Waals surface area contributed by atoms with Crippen LogP contribution in [0.5, 0.6) is 0 Å². The Balaban J connectivity index is 2.68. The number of rotatable bonds is 3. The minimum Gasteiger partial charge on any atom is -0.0785 e. The van der Waals surface area contributed by atoms with Crippen LogP contribution < -0.4 is 0 Å². The zero-order valence-corrected chi connectivity index (χ0v) is 11.2. The summed E-state index contributed by atoms with van der Waals surface area (Å²) < 4.78 is 0. The Morgan fingerprint density at radius 1 is 1.06 bits per heavy atom. The Kier molecular flexibility index (Phi) is 4.35. The molecule has 0 heterocycles. The van der Waals surface area contributed by atoms with Crippen LogP contribution in [0.25, 0.3) is 6.08 Å². The molecule has 0 atom stereocenters. The van der Waals surface area contributed by atoms with E-state index in [0.29, 0.717) is 0 Å². The van der Waals surface area contributed by atoms with E-state index in [1.807, 2.05) is 0 Å². The summed E-state index contributed by atoms with van der Waals surface area (Å²) in [6.07, 6.45) is 5.63. The molecular formula is C16H24. The summed E-state index contributed by atoms with van der Waals surface area (Å²) >= 11 is 0. The molecule has 0 fully saturated rings. The lowest BCUT2D eigenvalue weighted by molar-refractivity contribution is 0.547. The first-order valence-electron chi connectivity index (χ1n) is 6.15. The molecule has 0 aliphatic heterocycles. The highest BCUT2D eigenvalue weighted by molar-refractivity contribution is 5.50. The van der Waals surface area contributed by atoms with Crippen molar-refractivity contribution in [3.8, 4) is 0 Å². The molecule has 1 aromatic rings. The van der Waals surface area contributed by atoms with Crippen molar-refractivity contribution in [2.45, 2.75) is 41.0 Å². The van der Waals surface area contributed by atoms with E-state index in [9.17, 15) is 0 Å². The third-order valence-electron chi connectivity index (χ3n) is 2.40. The van der Waals surface area contributed by atoms with Crippen LogP contribution in [0.2, 0.25) is 0 Å². The predicted octanol–water partition coefficient (Wildman–Crippen LogP) is 4.94. The van der Waals surface area contributed by atoms with Crippen LogP contribution in [0.4, 0.5) is 0 Å². The van der Waals surface area contributed by atoms with Crippen molar-refractivity contribution >= 4 is 6.08 Å². The molecule has 0 bridgehead atoms. The van der Waals surface area contributed by atoms with Gasteiger partial charge in [-0.3, -0.25) is 0 Å². The van der Waals surface area contributed by atoms with Crippen molar-refractivity contribution in [1.29, 1.82) is 0 Å². The smallest absolute Gasteiger partial charge is 0.0200 e. The molecule has 0 radical (unpaired) electrons. The topological polar surface area (TPSA) is 0 Å². The minimum atomic E-state index is 0.261. The maximum Gasteiger partial charge on any atom is -0.0200 e. The Bertz CT molecular complexity index is 333. The second-order valence-corrected chi connectivity index (χ2v) is 6.04. The van der Waals surface area contributed by atoms with E-state index in [4.69, 9.17) is 0 Å². The summed E-state index contributed by atoms with van der Waals surface area (Å²) in [5, 5.41) is 0. The van der Waals surface area contributed by atoms with E-state index in [1.165, 1.54) is 17.5 Å². The maximum atomic E-state index is 2.26. The number of hydrogen-bond donors (Lipinski definition) is 0. The molecule has 1 rings (SSSR count). The lowest BCUT2D eigenvalue weighted by Crippen LogP contribution is -1.98. The van der Waals surface area contributed by atoms with Crippen molar-refractivity contribution in [2.24, 2.45) is 11.3 Å². The Morgan fingerprint density at radius 3 is 2.06 bits per heavy atom. The minimum absolute atomic E-state index is 0.261. The summed E-state index contributed by atoms with van der Waals surface area (Å²) in [5.41, 5.74) is 2.99. The van der Waals surface area contributed by atoms with Gasteiger partial charge in [-0.25, -0.2) is 0 Å². The average Bonchev–Trinajstić information content (AvgIpc) is 2.14. The van der Waals surface area contributed by atoms with Crippen LogP contribution in [-0.4, -0.2) is 0 Å². The van der Waals surface area contributed by atoms with Gasteiger partial charge in [-0.05, 0) is 28.9 Å². The quantitative estimate of drug-likeness (QED) is 0.671. The van der Waals surface area contributed by atoms with E-state index in [1.54, 1.807) is 0 Å². The van der Waals surface area contributed by atoms with Gasteiger partial charge in [0.05, 0.1) is 0 Å². The first-order valence-corrected chi connectivity index (χ1v) is 6.15. The highest BCUT2D eigenvalue weighted by Gasteiger charge is 2.03. The Hall–Kier alpha value is -1.04. The molecule has 0 aliphatic carbocycles. The fourth-order valence-corrected chi connectivity index (χ4v) is 1.58. The van der Waals surface area contributed by atoms with E-state index in [-0.39, 0.29) is 5.41 Å². The summed E-state index contributed by atoms with van der Waals surface area (Å²) in [6.45, 7) is 11.2. The molecule has 0 saturated heterocycles. The largest absolute Gasteiger partial charge is 0.0785 e. The number of benzene rings is 1. The van der Waals surface area contributed by atoms with Crippen molar-refractivity contribution in [3.63, 3.8) is 0 Å². The third-order valence-corrected chi connectivity index (χ3v) is 2.40. The zero-order chi connectivity index (χ0) is 12.2. The van der Waals surface area contributed by atoms with Crippen LogP contribution in [-0.2, 0) is 6.42 Å². The summed E-state index contributed by atoms with van der Waals surface area (Å²) in [4.78, 5) is 0. The molecular weight excluding hydrogens is 192 g/mol. The molecule has 0 heteroatoms.